The fourth-order valence-electron chi connectivity index (χ4n) is 2.79. The summed E-state index contributed by atoms with van der Waals surface area (Å²) in [6, 6.07) is 2.06. The van der Waals surface area contributed by atoms with Gasteiger partial charge in [0.2, 0.25) is 0 Å². The molecule has 2 unspecified atom stereocenters. The van der Waals surface area contributed by atoms with Crippen molar-refractivity contribution in [2.75, 3.05) is 19.8 Å². The zero-order chi connectivity index (χ0) is 15.0. The summed E-state index contributed by atoms with van der Waals surface area (Å²) >= 11 is 0. The number of ether oxygens (including phenoxy) is 1. The van der Waals surface area contributed by atoms with Crippen LogP contribution in [0.4, 0.5) is 0 Å². The van der Waals surface area contributed by atoms with Gasteiger partial charge in [-0.05, 0) is 20.8 Å². The van der Waals surface area contributed by atoms with E-state index in [1.807, 2.05) is 30.6 Å². The molecule has 2 atom stereocenters. The molecule has 0 amide bonds. The third kappa shape index (κ3) is 2.79. The molecule has 6 nitrogen and oxygen atoms in total. The van der Waals surface area contributed by atoms with E-state index in [9.17, 15) is 5.11 Å². The second-order valence-corrected chi connectivity index (χ2v) is 5.98. The minimum Gasteiger partial charge on any atom is -0.386 e. The zero-order valence-corrected chi connectivity index (χ0v) is 12.8. The Morgan fingerprint density at radius 2 is 2.33 bits per heavy atom. The van der Waals surface area contributed by atoms with Crippen molar-refractivity contribution >= 4 is 5.65 Å². The Balaban J connectivity index is 1.77. The first-order chi connectivity index (χ1) is 9.98. The molecule has 2 aromatic rings. The van der Waals surface area contributed by atoms with E-state index < -0.39 is 5.60 Å². The SMILES string of the molecule is Cc1cc2ncc(C(C)NCC3(O)CCOC3)c(C)n2n1. The fraction of sp³-hybridized carbons (Fsp3) is 0.600. The van der Waals surface area contributed by atoms with Gasteiger partial charge in [-0.1, -0.05) is 0 Å². The highest BCUT2D eigenvalue weighted by molar-refractivity contribution is 5.42. The summed E-state index contributed by atoms with van der Waals surface area (Å²) in [4.78, 5) is 4.45. The van der Waals surface area contributed by atoms with E-state index in [1.54, 1.807) is 0 Å². The van der Waals surface area contributed by atoms with Crippen molar-refractivity contribution in [3.05, 3.63) is 29.2 Å². The number of hydrogen-bond donors (Lipinski definition) is 2. The Labute approximate surface area is 124 Å². The average molecular weight is 290 g/mol. The van der Waals surface area contributed by atoms with E-state index in [2.05, 4.69) is 22.3 Å². The molecule has 2 aromatic heterocycles. The molecule has 1 saturated heterocycles. The molecule has 3 heterocycles. The van der Waals surface area contributed by atoms with E-state index in [0.29, 0.717) is 26.2 Å². The maximum Gasteiger partial charge on any atom is 0.155 e. The van der Waals surface area contributed by atoms with Gasteiger partial charge in [-0.3, -0.25) is 0 Å². The van der Waals surface area contributed by atoms with Gasteiger partial charge in [0, 0.05) is 49.1 Å². The maximum atomic E-state index is 10.3. The Kier molecular flexibility index (Phi) is 3.69. The van der Waals surface area contributed by atoms with Crippen LogP contribution in [0.5, 0.6) is 0 Å². The van der Waals surface area contributed by atoms with Crippen LogP contribution in [0, 0.1) is 13.8 Å². The monoisotopic (exact) mass is 290 g/mol. The van der Waals surface area contributed by atoms with E-state index in [-0.39, 0.29) is 6.04 Å². The van der Waals surface area contributed by atoms with Gasteiger partial charge in [-0.2, -0.15) is 5.10 Å². The molecule has 114 valence electrons. The number of rotatable bonds is 4. The third-order valence-electron chi connectivity index (χ3n) is 4.17. The standard InChI is InChI=1S/C15H22N4O2/c1-10-6-14-16-7-13(12(3)19(14)18-10)11(2)17-8-15(20)4-5-21-9-15/h6-7,11,17,20H,4-5,8-9H2,1-3H3. The topological polar surface area (TPSA) is 71.7 Å². The number of aryl methyl sites for hydroxylation is 2. The van der Waals surface area contributed by atoms with Crippen LogP contribution in [0.2, 0.25) is 0 Å². The van der Waals surface area contributed by atoms with Gasteiger partial charge in [0.15, 0.2) is 5.65 Å². The van der Waals surface area contributed by atoms with Gasteiger partial charge in [-0.15, -0.1) is 0 Å². The summed E-state index contributed by atoms with van der Waals surface area (Å²) in [6.07, 6.45) is 2.57. The predicted molar refractivity (Wildman–Crippen MR) is 79.3 cm³/mol. The number of nitrogens with zero attached hydrogens (tertiary/aromatic N) is 3. The molecule has 0 spiro atoms. The minimum atomic E-state index is -0.748. The number of fused-ring (bicyclic) bond motifs is 1. The molecule has 3 rings (SSSR count). The lowest BCUT2D eigenvalue weighted by atomic mass is 10.0. The summed E-state index contributed by atoms with van der Waals surface area (Å²) in [5.74, 6) is 0. The molecule has 1 aliphatic rings. The lowest BCUT2D eigenvalue weighted by molar-refractivity contribution is 0.0251. The van der Waals surface area contributed by atoms with E-state index in [4.69, 9.17) is 4.74 Å². The van der Waals surface area contributed by atoms with E-state index in [0.717, 1.165) is 22.6 Å². The normalized spacial score (nSPS) is 23.8. The molecule has 21 heavy (non-hydrogen) atoms. The number of nitrogens with one attached hydrogen (secondary N) is 1. The molecule has 1 fully saturated rings. The third-order valence-corrected chi connectivity index (χ3v) is 4.17. The van der Waals surface area contributed by atoms with Gasteiger partial charge < -0.3 is 15.2 Å². The van der Waals surface area contributed by atoms with Crippen molar-refractivity contribution in [2.24, 2.45) is 0 Å². The maximum absolute atomic E-state index is 10.3. The minimum absolute atomic E-state index is 0.0935. The van der Waals surface area contributed by atoms with Crippen molar-refractivity contribution in [1.29, 1.82) is 0 Å². The number of aliphatic hydroxyl groups is 1. The van der Waals surface area contributed by atoms with Gasteiger partial charge in [0.05, 0.1) is 12.3 Å². The van der Waals surface area contributed by atoms with E-state index >= 15 is 0 Å². The van der Waals surface area contributed by atoms with Gasteiger partial charge in [-0.25, -0.2) is 9.50 Å². The van der Waals surface area contributed by atoms with Crippen LogP contribution in [0.15, 0.2) is 12.3 Å². The summed E-state index contributed by atoms with van der Waals surface area (Å²) in [6.45, 7) is 7.63. The summed E-state index contributed by atoms with van der Waals surface area (Å²) < 4.78 is 7.14. The lowest BCUT2D eigenvalue weighted by Gasteiger charge is -2.24. The molecular weight excluding hydrogens is 268 g/mol. The number of aromatic nitrogens is 3. The number of hydrogen-bond acceptors (Lipinski definition) is 5. The van der Waals surface area contributed by atoms with E-state index in [1.165, 1.54) is 0 Å². The fourth-order valence-corrected chi connectivity index (χ4v) is 2.79. The first-order valence-corrected chi connectivity index (χ1v) is 7.34. The van der Waals surface area contributed by atoms with Crippen LogP contribution in [0.25, 0.3) is 5.65 Å². The molecule has 0 saturated carbocycles. The average Bonchev–Trinajstić information content (AvgIpc) is 3.03. The Morgan fingerprint density at radius 3 is 3.05 bits per heavy atom. The molecule has 0 bridgehead atoms. The largest absolute Gasteiger partial charge is 0.386 e. The molecule has 1 aliphatic heterocycles. The van der Waals surface area contributed by atoms with Gasteiger partial charge in [0.1, 0.15) is 5.60 Å². The quantitative estimate of drug-likeness (QED) is 0.884. The van der Waals surface area contributed by atoms with Crippen LogP contribution < -0.4 is 5.32 Å². The smallest absolute Gasteiger partial charge is 0.155 e. The predicted octanol–water partition coefficient (Wildman–Crippen LogP) is 1.15. The summed E-state index contributed by atoms with van der Waals surface area (Å²) in [5.41, 5.74) is 3.24. The molecule has 6 heteroatoms. The van der Waals surface area contributed by atoms with Crippen molar-refractivity contribution < 1.29 is 9.84 Å². The van der Waals surface area contributed by atoms with Crippen molar-refractivity contribution in [3.63, 3.8) is 0 Å². The Hall–Kier alpha value is -1.50. The first kappa shape index (κ1) is 14.4. The van der Waals surface area contributed by atoms with Crippen LogP contribution in [-0.2, 0) is 4.74 Å². The molecule has 2 N–H and O–H groups in total. The van der Waals surface area contributed by atoms with Gasteiger partial charge >= 0.3 is 0 Å². The van der Waals surface area contributed by atoms with Crippen molar-refractivity contribution in [1.82, 2.24) is 19.9 Å². The molecular formula is C15H22N4O2. The highest BCUT2D eigenvalue weighted by atomic mass is 16.5. The van der Waals surface area contributed by atoms with Crippen LogP contribution in [-0.4, -0.2) is 45.1 Å². The summed E-state index contributed by atoms with van der Waals surface area (Å²) in [7, 11) is 0. The molecule has 0 aliphatic carbocycles. The second-order valence-electron chi connectivity index (χ2n) is 5.98. The molecule has 0 aromatic carbocycles. The van der Waals surface area contributed by atoms with Crippen LogP contribution in [0.3, 0.4) is 0 Å². The summed E-state index contributed by atoms with van der Waals surface area (Å²) in [5, 5.41) is 18.2. The van der Waals surface area contributed by atoms with Crippen LogP contribution >= 0.6 is 0 Å². The lowest BCUT2D eigenvalue weighted by Crippen LogP contribution is -2.42. The van der Waals surface area contributed by atoms with Gasteiger partial charge in [0.25, 0.3) is 0 Å². The highest BCUT2D eigenvalue weighted by Crippen LogP contribution is 2.21. The second kappa shape index (κ2) is 5.36. The van der Waals surface area contributed by atoms with Crippen molar-refractivity contribution in [3.8, 4) is 0 Å². The Bertz CT molecular complexity index is 646. The zero-order valence-electron chi connectivity index (χ0n) is 12.8. The Morgan fingerprint density at radius 1 is 1.52 bits per heavy atom. The first-order valence-electron chi connectivity index (χ1n) is 7.34. The molecule has 0 radical (unpaired) electrons. The van der Waals surface area contributed by atoms with Crippen molar-refractivity contribution in [2.45, 2.75) is 38.8 Å². The van der Waals surface area contributed by atoms with Crippen LogP contribution in [0.1, 0.15) is 36.3 Å². The highest BCUT2D eigenvalue weighted by Gasteiger charge is 2.32.